The standard InChI is InChI=1S/C10H16O/c1-3-8-11-10-6-4-9(2)5-7-10/h4,6H,3,5,7-8H2,1-2H3. The van der Waals surface area contributed by atoms with Crippen LogP contribution in [0.5, 0.6) is 0 Å². The second kappa shape index (κ2) is 4.22. The summed E-state index contributed by atoms with van der Waals surface area (Å²) in [4.78, 5) is 0. The van der Waals surface area contributed by atoms with Gasteiger partial charge in [-0.2, -0.15) is 0 Å². The maximum absolute atomic E-state index is 5.50. The molecule has 1 heteroatoms. The summed E-state index contributed by atoms with van der Waals surface area (Å²) < 4.78 is 5.50. The zero-order valence-electron chi connectivity index (χ0n) is 7.39. The second-order valence-corrected chi connectivity index (χ2v) is 2.99. The molecule has 0 N–H and O–H groups in total. The van der Waals surface area contributed by atoms with Crippen molar-refractivity contribution >= 4 is 0 Å². The highest BCUT2D eigenvalue weighted by atomic mass is 16.5. The molecule has 0 saturated heterocycles. The molecule has 0 bridgehead atoms. The lowest BCUT2D eigenvalue weighted by atomic mass is 10.1. The third kappa shape index (κ3) is 2.79. The molecule has 0 amide bonds. The van der Waals surface area contributed by atoms with Gasteiger partial charge in [-0.05, 0) is 25.8 Å². The van der Waals surface area contributed by atoms with E-state index in [2.05, 4.69) is 26.0 Å². The fourth-order valence-electron chi connectivity index (χ4n) is 1.08. The van der Waals surface area contributed by atoms with Gasteiger partial charge < -0.3 is 4.74 Å². The second-order valence-electron chi connectivity index (χ2n) is 2.99. The molecule has 62 valence electrons. The fourth-order valence-corrected chi connectivity index (χ4v) is 1.08. The Labute approximate surface area is 68.8 Å². The molecule has 1 rings (SSSR count). The Balaban J connectivity index is 2.35. The lowest BCUT2D eigenvalue weighted by molar-refractivity contribution is 0.201. The maximum atomic E-state index is 5.50. The third-order valence-corrected chi connectivity index (χ3v) is 1.81. The van der Waals surface area contributed by atoms with Crippen LogP contribution in [0, 0.1) is 0 Å². The van der Waals surface area contributed by atoms with Crippen LogP contribution in [0.25, 0.3) is 0 Å². The van der Waals surface area contributed by atoms with Crippen LogP contribution in [0.4, 0.5) is 0 Å². The average molecular weight is 152 g/mol. The number of ether oxygens (including phenoxy) is 1. The van der Waals surface area contributed by atoms with E-state index in [1.807, 2.05) is 0 Å². The lowest BCUT2D eigenvalue weighted by Crippen LogP contribution is -1.97. The van der Waals surface area contributed by atoms with Gasteiger partial charge in [0.1, 0.15) is 0 Å². The summed E-state index contributed by atoms with van der Waals surface area (Å²) in [5.41, 5.74) is 1.45. The van der Waals surface area contributed by atoms with Crippen LogP contribution >= 0.6 is 0 Å². The van der Waals surface area contributed by atoms with E-state index < -0.39 is 0 Å². The third-order valence-electron chi connectivity index (χ3n) is 1.81. The molecular formula is C10H16O. The van der Waals surface area contributed by atoms with E-state index in [0.29, 0.717) is 0 Å². The first-order chi connectivity index (χ1) is 5.33. The van der Waals surface area contributed by atoms with E-state index >= 15 is 0 Å². The lowest BCUT2D eigenvalue weighted by Gasteiger charge is -2.12. The largest absolute Gasteiger partial charge is 0.498 e. The molecule has 0 fully saturated rings. The van der Waals surface area contributed by atoms with Crippen molar-refractivity contribution in [1.29, 1.82) is 0 Å². The Kier molecular flexibility index (Phi) is 3.21. The van der Waals surface area contributed by atoms with Crippen molar-refractivity contribution in [2.45, 2.75) is 33.1 Å². The summed E-state index contributed by atoms with van der Waals surface area (Å²) in [6.07, 6.45) is 7.58. The van der Waals surface area contributed by atoms with Gasteiger partial charge >= 0.3 is 0 Å². The Morgan fingerprint density at radius 2 is 2.18 bits per heavy atom. The monoisotopic (exact) mass is 152 g/mol. The minimum Gasteiger partial charge on any atom is -0.498 e. The first kappa shape index (κ1) is 8.38. The predicted octanol–water partition coefficient (Wildman–Crippen LogP) is 3.04. The van der Waals surface area contributed by atoms with Crippen molar-refractivity contribution in [3.63, 3.8) is 0 Å². The summed E-state index contributed by atoms with van der Waals surface area (Å²) in [6.45, 7) is 5.15. The van der Waals surface area contributed by atoms with Crippen LogP contribution in [-0.2, 0) is 4.74 Å². The molecule has 0 aliphatic heterocycles. The Bertz CT molecular complexity index is 177. The Hall–Kier alpha value is -0.720. The Morgan fingerprint density at radius 1 is 1.36 bits per heavy atom. The van der Waals surface area contributed by atoms with Crippen molar-refractivity contribution in [2.75, 3.05) is 6.61 Å². The number of hydrogen-bond acceptors (Lipinski definition) is 1. The smallest absolute Gasteiger partial charge is 0.0962 e. The topological polar surface area (TPSA) is 9.23 Å². The highest BCUT2D eigenvalue weighted by molar-refractivity contribution is 5.19. The molecule has 1 aliphatic rings. The normalized spacial score (nSPS) is 17.3. The maximum Gasteiger partial charge on any atom is 0.0962 e. The van der Waals surface area contributed by atoms with Crippen LogP contribution in [0.1, 0.15) is 33.1 Å². The summed E-state index contributed by atoms with van der Waals surface area (Å²) in [6, 6.07) is 0. The zero-order valence-corrected chi connectivity index (χ0v) is 7.39. The van der Waals surface area contributed by atoms with E-state index in [4.69, 9.17) is 4.74 Å². The molecule has 11 heavy (non-hydrogen) atoms. The van der Waals surface area contributed by atoms with Crippen molar-refractivity contribution < 1.29 is 4.74 Å². The quantitative estimate of drug-likeness (QED) is 0.604. The molecule has 0 aromatic carbocycles. The van der Waals surface area contributed by atoms with E-state index in [1.165, 1.54) is 5.57 Å². The molecule has 1 aliphatic carbocycles. The van der Waals surface area contributed by atoms with Crippen molar-refractivity contribution in [1.82, 2.24) is 0 Å². The molecule has 0 unspecified atom stereocenters. The molecule has 0 spiro atoms. The molecule has 0 saturated carbocycles. The van der Waals surface area contributed by atoms with E-state index in [1.54, 1.807) is 0 Å². The van der Waals surface area contributed by atoms with Crippen LogP contribution in [-0.4, -0.2) is 6.61 Å². The SMILES string of the molecule is CCCOC1=CC=C(C)CC1. The van der Waals surface area contributed by atoms with Gasteiger partial charge in [-0.3, -0.25) is 0 Å². The molecule has 1 nitrogen and oxygen atoms in total. The molecule has 0 atom stereocenters. The number of hydrogen-bond donors (Lipinski definition) is 0. The summed E-state index contributed by atoms with van der Waals surface area (Å²) in [7, 11) is 0. The van der Waals surface area contributed by atoms with Crippen LogP contribution in [0.15, 0.2) is 23.5 Å². The highest BCUT2D eigenvalue weighted by Crippen LogP contribution is 2.18. The minimum atomic E-state index is 0.860. The van der Waals surface area contributed by atoms with Gasteiger partial charge in [-0.15, -0.1) is 0 Å². The zero-order chi connectivity index (χ0) is 8.10. The summed E-state index contributed by atoms with van der Waals surface area (Å²) in [5, 5.41) is 0. The molecule has 0 aromatic heterocycles. The van der Waals surface area contributed by atoms with E-state index in [0.717, 1.165) is 31.6 Å². The summed E-state index contributed by atoms with van der Waals surface area (Å²) in [5.74, 6) is 1.15. The average Bonchev–Trinajstić information content (AvgIpc) is 2.04. The van der Waals surface area contributed by atoms with Gasteiger partial charge in [0.2, 0.25) is 0 Å². The number of allylic oxidation sites excluding steroid dienone is 4. The first-order valence-corrected chi connectivity index (χ1v) is 4.32. The minimum absolute atomic E-state index is 0.860. The first-order valence-electron chi connectivity index (χ1n) is 4.32. The molecule has 0 aromatic rings. The fraction of sp³-hybridized carbons (Fsp3) is 0.600. The highest BCUT2D eigenvalue weighted by Gasteiger charge is 2.02. The number of rotatable bonds is 3. The van der Waals surface area contributed by atoms with Crippen LogP contribution < -0.4 is 0 Å². The van der Waals surface area contributed by atoms with Gasteiger partial charge in [0.15, 0.2) is 0 Å². The molecule has 0 radical (unpaired) electrons. The van der Waals surface area contributed by atoms with E-state index in [9.17, 15) is 0 Å². The Morgan fingerprint density at radius 3 is 2.73 bits per heavy atom. The molecule has 0 heterocycles. The van der Waals surface area contributed by atoms with Gasteiger partial charge in [0.05, 0.1) is 12.4 Å². The van der Waals surface area contributed by atoms with Crippen LogP contribution in [0.2, 0.25) is 0 Å². The van der Waals surface area contributed by atoms with Gasteiger partial charge in [-0.1, -0.05) is 18.6 Å². The predicted molar refractivity (Wildman–Crippen MR) is 47.3 cm³/mol. The van der Waals surface area contributed by atoms with Crippen molar-refractivity contribution in [3.8, 4) is 0 Å². The van der Waals surface area contributed by atoms with Crippen molar-refractivity contribution in [2.24, 2.45) is 0 Å². The van der Waals surface area contributed by atoms with Gasteiger partial charge in [-0.25, -0.2) is 0 Å². The van der Waals surface area contributed by atoms with Gasteiger partial charge in [0, 0.05) is 6.42 Å². The molecular weight excluding hydrogens is 136 g/mol. The summed E-state index contributed by atoms with van der Waals surface area (Å²) >= 11 is 0. The van der Waals surface area contributed by atoms with E-state index in [-0.39, 0.29) is 0 Å². The van der Waals surface area contributed by atoms with Crippen LogP contribution in [0.3, 0.4) is 0 Å². The van der Waals surface area contributed by atoms with Crippen molar-refractivity contribution in [3.05, 3.63) is 23.5 Å². The van der Waals surface area contributed by atoms with Gasteiger partial charge in [0.25, 0.3) is 0 Å².